The van der Waals surface area contributed by atoms with Crippen molar-refractivity contribution in [3.8, 4) is 11.1 Å². The molecule has 1 aromatic carbocycles. The van der Waals surface area contributed by atoms with Crippen LogP contribution < -0.4 is 10.7 Å². The van der Waals surface area contributed by atoms with Crippen molar-refractivity contribution in [1.82, 2.24) is 25.4 Å². The van der Waals surface area contributed by atoms with Gasteiger partial charge in [0.15, 0.2) is 5.82 Å². The second kappa shape index (κ2) is 9.94. The fraction of sp³-hybridized carbons (Fsp3) is 0.111. The Hall–Kier alpha value is -4.99. The zero-order chi connectivity index (χ0) is 25.9. The number of fused-ring (bicyclic) bond motifs is 1. The van der Waals surface area contributed by atoms with Crippen LogP contribution in [0.4, 0.5) is 10.2 Å². The molecule has 0 aliphatic carbocycles. The second-order valence-electron chi connectivity index (χ2n) is 8.26. The van der Waals surface area contributed by atoms with Crippen LogP contribution >= 0.6 is 0 Å². The second-order valence-corrected chi connectivity index (χ2v) is 8.26. The number of allylic oxidation sites excluding steroid dienone is 3. The van der Waals surface area contributed by atoms with Crippen LogP contribution in [0.5, 0.6) is 0 Å². The average Bonchev–Trinajstić information content (AvgIpc) is 3.50. The number of H-pyrrole nitrogens is 1. The van der Waals surface area contributed by atoms with Crippen LogP contribution in [0.25, 0.3) is 27.7 Å². The lowest BCUT2D eigenvalue weighted by Crippen LogP contribution is -2.13. The Balaban J connectivity index is 1.49. The number of hydrazone groups is 1. The van der Waals surface area contributed by atoms with Crippen LogP contribution in [0.2, 0.25) is 0 Å². The van der Waals surface area contributed by atoms with Crippen molar-refractivity contribution < 1.29 is 9.18 Å². The van der Waals surface area contributed by atoms with E-state index in [-0.39, 0.29) is 17.6 Å². The molecule has 0 unspecified atom stereocenters. The lowest BCUT2D eigenvalue weighted by Gasteiger charge is -2.07. The van der Waals surface area contributed by atoms with E-state index >= 15 is 0 Å². The fourth-order valence-corrected chi connectivity index (χ4v) is 3.94. The van der Waals surface area contributed by atoms with Crippen molar-refractivity contribution >= 4 is 39.9 Å². The van der Waals surface area contributed by atoms with Gasteiger partial charge in [0.05, 0.1) is 17.2 Å². The van der Waals surface area contributed by atoms with Crippen LogP contribution in [0.15, 0.2) is 77.8 Å². The number of nitrogens with zero attached hydrogens (tertiary/aromatic N) is 4. The molecule has 0 atom stereocenters. The number of anilines is 1. The minimum absolute atomic E-state index is 0.110. The number of aromatic amines is 1. The molecule has 9 nitrogen and oxygen atoms in total. The van der Waals surface area contributed by atoms with Gasteiger partial charge in [-0.1, -0.05) is 25.1 Å². The van der Waals surface area contributed by atoms with Crippen molar-refractivity contribution in [3.05, 3.63) is 89.9 Å². The maximum absolute atomic E-state index is 13.9. The summed E-state index contributed by atoms with van der Waals surface area (Å²) in [7, 11) is 0. The predicted octanol–water partition coefficient (Wildman–Crippen LogP) is 4.82. The number of nitrogens with one attached hydrogen (secondary N) is 4. The van der Waals surface area contributed by atoms with E-state index in [4.69, 9.17) is 10.4 Å². The van der Waals surface area contributed by atoms with Gasteiger partial charge in [0.2, 0.25) is 5.91 Å². The Morgan fingerprint density at radius 2 is 2.05 bits per heavy atom. The first kappa shape index (κ1) is 23.7. The molecule has 0 bridgehead atoms. The number of carbonyl (C=O) groups excluding carboxylic acids is 1. The van der Waals surface area contributed by atoms with Crippen molar-refractivity contribution in [2.75, 3.05) is 5.32 Å². The van der Waals surface area contributed by atoms with Gasteiger partial charge in [-0.25, -0.2) is 14.4 Å². The quantitative estimate of drug-likeness (QED) is 0.305. The van der Waals surface area contributed by atoms with E-state index in [1.807, 2.05) is 25.1 Å². The number of hydrogen-bond donors (Lipinski definition) is 4. The number of pyridine rings is 2. The summed E-state index contributed by atoms with van der Waals surface area (Å²) in [6.07, 6.45) is 9.07. The molecule has 0 fully saturated rings. The third-order valence-corrected chi connectivity index (χ3v) is 5.85. The summed E-state index contributed by atoms with van der Waals surface area (Å²) >= 11 is 0. The molecule has 10 heteroatoms. The van der Waals surface area contributed by atoms with Gasteiger partial charge in [-0.05, 0) is 54.0 Å². The van der Waals surface area contributed by atoms with E-state index < -0.39 is 0 Å². The van der Waals surface area contributed by atoms with Crippen molar-refractivity contribution in [1.29, 1.82) is 5.41 Å². The molecular weight excluding hydrogens is 471 g/mol. The Morgan fingerprint density at radius 3 is 2.78 bits per heavy atom. The number of benzene rings is 1. The van der Waals surface area contributed by atoms with Crippen molar-refractivity contribution in [2.24, 2.45) is 5.10 Å². The highest BCUT2D eigenvalue weighted by Crippen LogP contribution is 2.28. The average molecular weight is 495 g/mol. The monoisotopic (exact) mass is 494 g/mol. The molecule has 0 spiro atoms. The summed E-state index contributed by atoms with van der Waals surface area (Å²) in [6.45, 7) is 3.67. The number of rotatable bonds is 6. The van der Waals surface area contributed by atoms with E-state index in [2.05, 4.69) is 30.8 Å². The SMILES string of the molecule is C/C=C(\C=C1/C(=N)NN=C1c1nc2c(-c3cccc(F)c3)cncc2[nH]1)c1ccc(NC(=O)CC)nc1. The number of amidine groups is 1. The molecule has 0 saturated heterocycles. The highest BCUT2D eigenvalue weighted by atomic mass is 19.1. The number of amides is 1. The Bertz CT molecular complexity index is 1620. The number of carbonyl (C=O) groups is 1. The van der Waals surface area contributed by atoms with Gasteiger partial charge in [-0.15, -0.1) is 0 Å². The zero-order valence-corrected chi connectivity index (χ0v) is 20.1. The smallest absolute Gasteiger partial charge is 0.225 e. The predicted molar refractivity (Wildman–Crippen MR) is 142 cm³/mol. The normalized spacial score (nSPS) is 14.7. The van der Waals surface area contributed by atoms with Crippen LogP contribution in [0.3, 0.4) is 0 Å². The van der Waals surface area contributed by atoms with Gasteiger partial charge in [0.25, 0.3) is 0 Å². The van der Waals surface area contributed by atoms with Gasteiger partial charge in [-0.2, -0.15) is 5.10 Å². The first-order valence-electron chi connectivity index (χ1n) is 11.6. The van der Waals surface area contributed by atoms with Gasteiger partial charge < -0.3 is 10.3 Å². The summed E-state index contributed by atoms with van der Waals surface area (Å²) in [5, 5.41) is 15.5. The Morgan fingerprint density at radius 1 is 1.19 bits per heavy atom. The van der Waals surface area contributed by atoms with Crippen LogP contribution in [0, 0.1) is 11.2 Å². The first-order valence-corrected chi connectivity index (χ1v) is 11.6. The lowest BCUT2D eigenvalue weighted by atomic mass is 10.0. The van der Waals surface area contributed by atoms with Gasteiger partial charge in [0.1, 0.15) is 23.2 Å². The van der Waals surface area contributed by atoms with Crippen molar-refractivity contribution in [3.63, 3.8) is 0 Å². The third kappa shape index (κ3) is 4.76. The molecule has 1 amide bonds. The first-order chi connectivity index (χ1) is 18.0. The summed E-state index contributed by atoms with van der Waals surface area (Å²) in [6, 6.07) is 9.85. The maximum atomic E-state index is 13.9. The molecule has 4 heterocycles. The van der Waals surface area contributed by atoms with Gasteiger partial charge in [-0.3, -0.25) is 20.6 Å². The lowest BCUT2D eigenvalue weighted by molar-refractivity contribution is -0.115. The summed E-state index contributed by atoms with van der Waals surface area (Å²) in [5.41, 5.74) is 7.98. The highest BCUT2D eigenvalue weighted by Gasteiger charge is 2.25. The summed E-state index contributed by atoms with van der Waals surface area (Å²) < 4.78 is 13.9. The van der Waals surface area contributed by atoms with E-state index in [0.717, 1.165) is 11.1 Å². The van der Waals surface area contributed by atoms with Gasteiger partial charge >= 0.3 is 0 Å². The maximum Gasteiger partial charge on any atom is 0.225 e. The molecule has 1 aliphatic rings. The number of halogens is 1. The standard InChI is InChI=1S/C27H23FN8O/c1-3-15(17-8-9-22(31-12-17)33-23(37)4-2)11-19-25(35-36-26(19)29)27-32-21-14-30-13-20(24(21)34-27)16-6-5-7-18(28)10-16/h3,5-14H,4H2,1-2H3,(H2,29,36)(H,32,34)(H,31,33,37)/b15-3+,19-11-. The molecule has 3 aromatic heterocycles. The van der Waals surface area contributed by atoms with Crippen LogP contribution in [-0.4, -0.2) is 37.4 Å². The van der Waals surface area contributed by atoms with Crippen LogP contribution in [0.1, 0.15) is 31.7 Å². The van der Waals surface area contributed by atoms with Crippen molar-refractivity contribution in [2.45, 2.75) is 20.3 Å². The number of aromatic nitrogens is 4. The molecule has 4 aromatic rings. The van der Waals surface area contributed by atoms with E-state index in [1.165, 1.54) is 12.1 Å². The summed E-state index contributed by atoms with van der Waals surface area (Å²) in [4.78, 5) is 28.2. The minimum Gasteiger partial charge on any atom is -0.335 e. The zero-order valence-electron chi connectivity index (χ0n) is 20.1. The van der Waals surface area contributed by atoms with Crippen LogP contribution in [-0.2, 0) is 4.79 Å². The molecule has 0 radical (unpaired) electrons. The summed E-state index contributed by atoms with van der Waals surface area (Å²) in [5.74, 6) is 0.594. The Labute approximate surface area is 211 Å². The molecular formula is C27H23FN8O. The number of imidazole rings is 1. The molecule has 1 aliphatic heterocycles. The minimum atomic E-state index is -0.345. The molecule has 184 valence electrons. The molecule has 0 saturated carbocycles. The Kier molecular flexibility index (Phi) is 6.38. The molecule has 4 N–H and O–H groups in total. The van der Waals surface area contributed by atoms with E-state index in [0.29, 0.717) is 51.5 Å². The third-order valence-electron chi connectivity index (χ3n) is 5.85. The molecule has 5 rings (SSSR count). The van der Waals surface area contributed by atoms with E-state index in [1.54, 1.807) is 43.7 Å². The highest BCUT2D eigenvalue weighted by molar-refractivity contribution is 6.31. The molecule has 37 heavy (non-hydrogen) atoms. The van der Waals surface area contributed by atoms with E-state index in [9.17, 15) is 9.18 Å². The number of hydrogen-bond acceptors (Lipinski definition) is 6. The topological polar surface area (TPSA) is 132 Å². The fourth-order valence-electron chi connectivity index (χ4n) is 3.94. The van der Waals surface area contributed by atoms with Gasteiger partial charge in [0, 0.05) is 30.0 Å². The largest absolute Gasteiger partial charge is 0.335 e.